The Morgan fingerprint density at radius 3 is 2.64 bits per heavy atom. The molecular weight excluding hydrogens is 150 g/mol. The summed E-state index contributed by atoms with van der Waals surface area (Å²) in [7, 11) is 0. The molecule has 1 aliphatic carbocycles. The van der Waals surface area contributed by atoms with E-state index in [2.05, 4.69) is 0 Å². The summed E-state index contributed by atoms with van der Waals surface area (Å²) < 4.78 is 25.1. The van der Waals surface area contributed by atoms with E-state index in [9.17, 15) is 8.78 Å². The number of halogens is 2. The number of aliphatic hydroxyl groups is 1. The highest BCUT2D eigenvalue weighted by Crippen LogP contribution is 2.40. The topological polar surface area (TPSA) is 20.2 Å². The second-order valence-electron chi connectivity index (χ2n) is 3.33. The van der Waals surface area contributed by atoms with Crippen LogP contribution in [0.25, 0.3) is 0 Å². The Kier molecular flexibility index (Phi) is 2.82. The molecule has 66 valence electrons. The summed E-state index contributed by atoms with van der Waals surface area (Å²) in [6.45, 7) is 0.127. The molecule has 3 heteroatoms. The predicted octanol–water partition coefficient (Wildman–Crippen LogP) is 2.19. The predicted molar refractivity (Wildman–Crippen MR) is 38.6 cm³/mol. The molecule has 0 amide bonds. The van der Waals surface area contributed by atoms with Gasteiger partial charge in [0.25, 0.3) is 0 Å². The molecule has 1 aliphatic rings. The van der Waals surface area contributed by atoms with E-state index >= 15 is 0 Å². The van der Waals surface area contributed by atoms with Gasteiger partial charge in [-0.05, 0) is 25.2 Å². The number of hydrogen-bond donors (Lipinski definition) is 1. The van der Waals surface area contributed by atoms with Crippen LogP contribution in [0.5, 0.6) is 0 Å². The highest BCUT2D eigenvalue weighted by atomic mass is 19.3. The molecule has 0 spiro atoms. The van der Waals surface area contributed by atoms with Gasteiger partial charge < -0.3 is 5.11 Å². The van der Waals surface area contributed by atoms with Gasteiger partial charge in [-0.25, -0.2) is 8.78 Å². The minimum absolute atomic E-state index is 0.0347. The molecule has 0 bridgehead atoms. The molecule has 0 heterocycles. The summed E-state index contributed by atoms with van der Waals surface area (Å²) >= 11 is 0. The third-order valence-electron chi connectivity index (χ3n) is 2.28. The molecule has 0 radical (unpaired) electrons. The van der Waals surface area contributed by atoms with Gasteiger partial charge in [-0.1, -0.05) is 0 Å². The lowest BCUT2D eigenvalue weighted by atomic mass is 10.0. The number of rotatable bonds is 3. The number of aliphatic hydroxyl groups excluding tert-OH is 1. The van der Waals surface area contributed by atoms with Crippen LogP contribution in [-0.2, 0) is 0 Å². The van der Waals surface area contributed by atoms with Crippen LogP contribution >= 0.6 is 0 Å². The van der Waals surface area contributed by atoms with E-state index < -0.39 is 5.92 Å². The molecule has 11 heavy (non-hydrogen) atoms. The van der Waals surface area contributed by atoms with E-state index in [-0.39, 0.29) is 25.4 Å². The SMILES string of the molecule is OCCCC1CCC(F)(F)C1. The minimum atomic E-state index is -2.42. The largest absolute Gasteiger partial charge is 0.396 e. The van der Waals surface area contributed by atoms with Crippen molar-refractivity contribution in [2.24, 2.45) is 5.92 Å². The summed E-state index contributed by atoms with van der Waals surface area (Å²) in [6.07, 6.45) is 2.13. The Morgan fingerprint density at radius 2 is 2.18 bits per heavy atom. The van der Waals surface area contributed by atoms with Gasteiger partial charge in [0.05, 0.1) is 0 Å². The van der Waals surface area contributed by atoms with E-state index in [1.165, 1.54) is 0 Å². The van der Waals surface area contributed by atoms with Crippen molar-refractivity contribution < 1.29 is 13.9 Å². The average Bonchev–Trinajstić information content (AvgIpc) is 2.26. The fourth-order valence-corrected chi connectivity index (χ4v) is 1.67. The fraction of sp³-hybridized carbons (Fsp3) is 1.00. The van der Waals surface area contributed by atoms with Crippen LogP contribution in [0, 0.1) is 5.92 Å². The monoisotopic (exact) mass is 164 g/mol. The van der Waals surface area contributed by atoms with Crippen molar-refractivity contribution >= 4 is 0 Å². The van der Waals surface area contributed by atoms with Gasteiger partial charge in [0.15, 0.2) is 0 Å². The quantitative estimate of drug-likeness (QED) is 0.678. The lowest BCUT2D eigenvalue weighted by Crippen LogP contribution is -2.09. The zero-order chi connectivity index (χ0) is 8.32. The Balaban J connectivity index is 2.20. The average molecular weight is 164 g/mol. The first-order valence-electron chi connectivity index (χ1n) is 4.13. The highest BCUT2D eigenvalue weighted by molar-refractivity contribution is 4.80. The molecule has 0 aromatic carbocycles. The maximum absolute atomic E-state index is 12.6. The third kappa shape index (κ3) is 2.73. The molecule has 0 aromatic rings. The molecule has 0 aliphatic heterocycles. The lowest BCUT2D eigenvalue weighted by Gasteiger charge is -2.08. The smallest absolute Gasteiger partial charge is 0.248 e. The minimum Gasteiger partial charge on any atom is -0.396 e. The molecule has 0 aromatic heterocycles. The molecule has 1 nitrogen and oxygen atoms in total. The van der Waals surface area contributed by atoms with E-state index in [4.69, 9.17) is 5.11 Å². The van der Waals surface area contributed by atoms with Crippen LogP contribution in [0.3, 0.4) is 0 Å². The maximum atomic E-state index is 12.6. The summed E-state index contributed by atoms with van der Waals surface area (Å²) in [5.41, 5.74) is 0. The third-order valence-corrected chi connectivity index (χ3v) is 2.28. The number of alkyl halides is 2. The normalized spacial score (nSPS) is 29.2. The first-order chi connectivity index (χ1) is 5.14. The molecule has 1 N–H and O–H groups in total. The molecule has 1 unspecified atom stereocenters. The van der Waals surface area contributed by atoms with Crippen LogP contribution in [-0.4, -0.2) is 17.6 Å². The maximum Gasteiger partial charge on any atom is 0.248 e. The molecule has 0 saturated heterocycles. The van der Waals surface area contributed by atoms with Crippen molar-refractivity contribution in [2.75, 3.05) is 6.61 Å². The van der Waals surface area contributed by atoms with Crippen molar-refractivity contribution in [3.63, 3.8) is 0 Å². The van der Waals surface area contributed by atoms with Crippen molar-refractivity contribution in [1.82, 2.24) is 0 Å². The van der Waals surface area contributed by atoms with E-state index in [1.807, 2.05) is 0 Å². The van der Waals surface area contributed by atoms with Gasteiger partial charge >= 0.3 is 0 Å². The summed E-state index contributed by atoms with van der Waals surface area (Å²) in [6, 6.07) is 0. The van der Waals surface area contributed by atoms with Crippen molar-refractivity contribution in [3.05, 3.63) is 0 Å². The van der Waals surface area contributed by atoms with Crippen molar-refractivity contribution in [3.8, 4) is 0 Å². The van der Waals surface area contributed by atoms with E-state index in [0.29, 0.717) is 12.8 Å². The summed E-state index contributed by atoms with van der Waals surface area (Å²) in [5.74, 6) is -2.27. The Morgan fingerprint density at radius 1 is 1.45 bits per heavy atom. The first kappa shape index (κ1) is 8.91. The van der Waals surface area contributed by atoms with Crippen LogP contribution in [0.1, 0.15) is 32.1 Å². The zero-order valence-electron chi connectivity index (χ0n) is 6.52. The van der Waals surface area contributed by atoms with Crippen molar-refractivity contribution in [1.29, 1.82) is 0 Å². The Hall–Kier alpha value is -0.180. The molecule has 1 atom stereocenters. The van der Waals surface area contributed by atoms with Crippen molar-refractivity contribution in [2.45, 2.75) is 38.0 Å². The lowest BCUT2D eigenvalue weighted by molar-refractivity contribution is 0.00446. The van der Waals surface area contributed by atoms with Gasteiger partial charge in [0.2, 0.25) is 5.92 Å². The van der Waals surface area contributed by atoms with E-state index in [1.54, 1.807) is 0 Å². The van der Waals surface area contributed by atoms with Crippen LogP contribution in [0.2, 0.25) is 0 Å². The van der Waals surface area contributed by atoms with Gasteiger partial charge in [0, 0.05) is 19.4 Å². The van der Waals surface area contributed by atoms with Crippen LogP contribution in [0.4, 0.5) is 8.78 Å². The van der Waals surface area contributed by atoms with Gasteiger partial charge in [0.1, 0.15) is 0 Å². The molecular formula is C8H14F2O. The molecule has 1 saturated carbocycles. The number of hydrogen-bond acceptors (Lipinski definition) is 1. The summed E-state index contributed by atoms with van der Waals surface area (Å²) in [4.78, 5) is 0. The fourth-order valence-electron chi connectivity index (χ4n) is 1.67. The second kappa shape index (κ2) is 3.48. The van der Waals surface area contributed by atoms with Crippen LogP contribution < -0.4 is 0 Å². The Bertz CT molecular complexity index is 125. The zero-order valence-corrected chi connectivity index (χ0v) is 6.52. The summed E-state index contributed by atoms with van der Waals surface area (Å²) in [5, 5.41) is 8.47. The molecule has 1 rings (SSSR count). The van der Waals surface area contributed by atoms with Gasteiger partial charge in [-0.2, -0.15) is 0 Å². The van der Waals surface area contributed by atoms with Gasteiger partial charge in [-0.15, -0.1) is 0 Å². The van der Waals surface area contributed by atoms with E-state index in [0.717, 1.165) is 6.42 Å². The standard InChI is InChI=1S/C8H14F2O/c9-8(10)4-3-7(6-8)2-1-5-11/h7,11H,1-6H2. The second-order valence-corrected chi connectivity index (χ2v) is 3.33. The highest BCUT2D eigenvalue weighted by Gasteiger charge is 2.38. The molecule has 1 fully saturated rings. The first-order valence-corrected chi connectivity index (χ1v) is 4.13. The van der Waals surface area contributed by atoms with Crippen LogP contribution in [0.15, 0.2) is 0 Å². The Labute approximate surface area is 65.4 Å². The van der Waals surface area contributed by atoms with Gasteiger partial charge in [-0.3, -0.25) is 0 Å².